The minimum atomic E-state index is -0.409. The number of nitrogens with zero attached hydrogens (tertiary/aromatic N) is 5. The van der Waals surface area contributed by atoms with E-state index >= 15 is 0 Å². The van der Waals surface area contributed by atoms with Gasteiger partial charge in [0.15, 0.2) is 0 Å². The van der Waals surface area contributed by atoms with E-state index in [-0.39, 0.29) is 23.4 Å². The Morgan fingerprint density at radius 3 is 2.69 bits per heavy atom. The maximum absolute atomic E-state index is 13.5. The fourth-order valence-corrected chi connectivity index (χ4v) is 5.65. The lowest BCUT2D eigenvalue weighted by molar-refractivity contribution is 0.0735. The van der Waals surface area contributed by atoms with Gasteiger partial charge in [-0.15, -0.1) is 21.5 Å². The summed E-state index contributed by atoms with van der Waals surface area (Å²) in [5.41, 5.74) is 2.14. The average Bonchev–Trinajstić information content (AvgIpc) is 3.61. The van der Waals surface area contributed by atoms with Crippen LogP contribution in [0.4, 0.5) is 0 Å². The SMILES string of the molecule is Cc1csc(C2CCCN2C(=O)c2cc(-c3nnc(C(C)(C)Cc4ccccc4)o3)n(C)c(=O)c2)n1. The van der Waals surface area contributed by atoms with E-state index in [0.29, 0.717) is 23.7 Å². The number of pyridine rings is 1. The fraction of sp³-hybridized carbons (Fsp3) is 0.370. The Bertz CT molecular complexity index is 1450. The van der Waals surface area contributed by atoms with Crippen LogP contribution in [0.1, 0.15) is 65.2 Å². The predicted molar refractivity (Wildman–Crippen MR) is 138 cm³/mol. The Labute approximate surface area is 213 Å². The molecule has 0 saturated carbocycles. The highest BCUT2D eigenvalue weighted by molar-refractivity contribution is 7.09. The van der Waals surface area contributed by atoms with Crippen molar-refractivity contribution in [1.82, 2.24) is 24.6 Å². The third-order valence-corrected chi connectivity index (χ3v) is 7.72. The van der Waals surface area contributed by atoms with Crippen LogP contribution in [-0.2, 0) is 18.9 Å². The molecule has 0 aliphatic carbocycles. The zero-order valence-corrected chi connectivity index (χ0v) is 21.7. The molecule has 3 aromatic heterocycles. The molecule has 36 heavy (non-hydrogen) atoms. The molecule has 9 heteroatoms. The van der Waals surface area contributed by atoms with Crippen LogP contribution in [0.5, 0.6) is 0 Å². The van der Waals surface area contributed by atoms with Gasteiger partial charge in [-0.05, 0) is 37.8 Å². The van der Waals surface area contributed by atoms with E-state index < -0.39 is 5.41 Å². The van der Waals surface area contributed by atoms with Gasteiger partial charge < -0.3 is 13.9 Å². The molecule has 1 saturated heterocycles. The molecule has 1 aliphatic rings. The maximum Gasteiger partial charge on any atom is 0.264 e. The Morgan fingerprint density at radius 1 is 1.19 bits per heavy atom. The highest BCUT2D eigenvalue weighted by atomic mass is 32.1. The van der Waals surface area contributed by atoms with Crippen LogP contribution in [0.25, 0.3) is 11.6 Å². The van der Waals surface area contributed by atoms with Crippen molar-refractivity contribution in [3.8, 4) is 11.6 Å². The summed E-state index contributed by atoms with van der Waals surface area (Å²) in [6.07, 6.45) is 2.48. The smallest absolute Gasteiger partial charge is 0.264 e. The Morgan fingerprint density at radius 2 is 1.97 bits per heavy atom. The zero-order valence-electron chi connectivity index (χ0n) is 20.9. The third kappa shape index (κ3) is 4.63. The van der Waals surface area contributed by atoms with E-state index in [1.165, 1.54) is 10.6 Å². The van der Waals surface area contributed by atoms with Gasteiger partial charge in [0.2, 0.25) is 5.89 Å². The van der Waals surface area contributed by atoms with Crippen LogP contribution in [0, 0.1) is 6.92 Å². The second kappa shape index (κ2) is 9.46. The molecule has 0 N–H and O–H groups in total. The molecule has 0 spiro atoms. The molecule has 1 unspecified atom stereocenters. The molecular formula is C27H29N5O3S. The molecule has 1 atom stereocenters. The number of aryl methyl sites for hydroxylation is 1. The number of carbonyl (C=O) groups is 1. The average molecular weight is 504 g/mol. The van der Waals surface area contributed by atoms with Crippen molar-refractivity contribution in [2.24, 2.45) is 7.05 Å². The summed E-state index contributed by atoms with van der Waals surface area (Å²) in [5.74, 6) is 0.506. The number of aromatic nitrogens is 4. The normalized spacial score (nSPS) is 16.0. The Hall–Kier alpha value is -3.59. The number of benzene rings is 1. The third-order valence-electron chi connectivity index (χ3n) is 6.66. The zero-order chi connectivity index (χ0) is 25.4. The highest BCUT2D eigenvalue weighted by Crippen LogP contribution is 2.35. The lowest BCUT2D eigenvalue weighted by Gasteiger charge is -2.23. The van der Waals surface area contributed by atoms with Crippen molar-refractivity contribution < 1.29 is 9.21 Å². The monoisotopic (exact) mass is 503 g/mol. The first-order chi connectivity index (χ1) is 17.2. The molecule has 1 aromatic carbocycles. The molecule has 1 amide bonds. The molecule has 4 heterocycles. The van der Waals surface area contributed by atoms with Crippen molar-refractivity contribution in [2.75, 3.05) is 6.54 Å². The summed E-state index contributed by atoms with van der Waals surface area (Å²) in [6, 6.07) is 13.1. The molecule has 0 radical (unpaired) electrons. The lowest BCUT2D eigenvalue weighted by Crippen LogP contribution is -2.32. The summed E-state index contributed by atoms with van der Waals surface area (Å²) in [4.78, 5) is 32.8. The van der Waals surface area contributed by atoms with Crippen LogP contribution >= 0.6 is 11.3 Å². The quantitative estimate of drug-likeness (QED) is 0.379. The van der Waals surface area contributed by atoms with Crippen molar-refractivity contribution >= 4 is 17.2 Å². The second-order valence-electron chi connectivity index (χ2n) is 9.97. The summed E-state index contributed by atoms with van der Waals surface area (Å²) in [6.45, 7) is 6.67. The second-order valence-corrected chi connectivity index (χ2v) is 10.9. The summed E-state index contributed by atoms with van der Waals surface area (Å²) in [5, 5.41) is 11.5. The van der Waals surface area contributed by atoms with Crippen LogP contribution in [0.3, 0.4) is 0 Å². The van der Waals surface area contributed by atoms with E-state index in [9.17, 15) is 9.59 Å². The molecule has 1 fully saturated rings. The Kier molecular flexibility index (Phi) is 6.34. The first-order valence-electron chi connectivity index (χ1n) is 12.1. The molecule has 1 aliphatic heterocycles. The van der Waals surface area contributed by atoms with Gasteiger partial charge in [0.25, 0.3) is 17.4 Å². The van der Waals surface area contributed by atoms with Gasteiger partial charge >= 0.3 is 0 Å². The van der Waals surface area contributed by atoms with Gasteiger partial charge in [-0.3, -0.25) is 9.59 Å². The standard InChI is InChI=1S/C27H29N5O3S/c1-17-16-36-24(28-17)20-11-8-12-32(20)25(34)19-13-21(31(4)22(33)14-19)23-29-30-26(35-23)27(2,3)15-18-9-6-5-7-10-18/h5-7,9-10,13-14,16,20H,8,11-12,15H2,1-4H3. The highest BCUT2D eigenvalue weighted by Gasteiger charge is 2.33. The summed E-state index contributed by atoms with van der Waals surface area (Å²) < 4.78 is 7.52. The molecule has 8 nitrogen and oxygen atoms in total. The van der Waals surface area contributed by atoms with Crippen molar-refractivity contribution in [3.05, 3.63) is 85.9 Å². The number of likely N-dealkylation sites (tertiary alicyclic amines) is 1. The molecule has 0 bridgehead atoms. The van der Waals surface area contributed by atoms with E-state index in [1.807, 2.05) is 49.3 Å². The Balaban J connectivity index is 1.44. The number of amides is 1. The minimum Gasteiger partial charge on any atom is -0.419 e. The van der Waals surface area contributed by atoms with Gasteiger partial charge in [0.05, 0.1) is 6.04 Å². The van der Waals surface area contributed by atoms with Crippen LogP contribution in [-0.4, -0.2) is 37.1 Å². The molecular weight excluding hydrogens is 474 g/mol. The maximum atomic E-state index is 13.5. The number of carbonyl (C=O) groups excluding carboxylic acids is 1. The lowest BCUT2D eigenvalue weighted by atomic mass is 9.86. The first-order valence-corrected chi connectivity index (χ1v) is 12.9. The van der Waals surface area contributed by atoms with E-state index in [4.69, 9.17) is 4.42 Å². The van der Waals surface area contributed by atoms with Crippen molar-refractivity contribution in [2.45, 2.75) is 51.5 Å². The summed E-state index contributed by atoms with van der Waals surface area (Å²) in [7, 11) is 1.64. The van der Waals surface area contributed by atoms with Gasteiger partial charge in [0.1, 0.15) is 10.7 Å². The molecule has 186 valence electrons. The molecule has 4 aromatic rings. The van der Waals surface area contributed by atoms with Crippen LogP contribution < -0.4 is 5.56 Å². The van der Waals surface area contributed by atoms with E-state index in [2.05, 4.69) is 27.3 Å². The topological polar surface area (TPSA) is 94.1 Å². The largest absolute Gasteiger partial charge is 0.419 e. The van der Waals surface area contributed by atoms with Crippen molar-refractivity contribution in [1.29, 1.82) is 0 Å². The number of thiazole rings is 1. The minimum absolute atomic E-state index is 0.0718. The van der Waals surface area contributed by atoms with Gasteiger partial charge in [0, 0.05) is 41.7 Å². The van der Waals surface area contributed by atoms with Gasteiger partial charge in [-0.25, -0.2) is 4.98 Å². The summed E-state index contributed by atoms with van der Waals surface area (Å²) >= 11 is 1.57. The van der Waals surface area contributed by atoms with E-state index in [1.54, 1.807) is 24.5 Å². The van der Waals surface area contributed by atoms with Crippen LogP contribution in [0.15, 0.2) is 57.1 Å². The first kappa shape index (κ1) is 24.1. The van der Waals surface area contributed by atoms with E-state index in [0.717, 1.165) is 35.5 Å². The number of hydrogen-bond donors (Lipinski definition) is 0. The fourth-order valence-electron chi connectivity index (χ4n) is 4.70. The van der Waals surface area contributed by atoms with Crippen LogP contribution in [0.2, 0.25) is 0 Å². The van der Waals surface area contributed by atoms with Gasteiger partial charge in [-0.2, -0.15) is 0 Å². The number of hydrogen-bond acceptors (Lipinski definition) is 7. The number of rotatable bonds is 6. The predicted octanol–water partition coefficient (Wildman–Crippen LogP) is 4.70. The van der Waals surface area contributed by atoms with Gasteiger partial charge in [-0.1, -0.05) is 44.2 Å². The molecule has 5 rings (SSSR count). The van der Waals surface area contributed by atoms with Crippen molar-refractivity contribution in [3.63, 3.8) is 0 Å².